The third kappa shape index (κ3) is 5.03. The lowest BCUT2D eigenvalue weighted by molar-refractivity contribution is -0.127. The molecule has 2 saturated heterocycles. The van der Waals surface area contributed by atoms with Gasteiger partial charge in [-0.25, -0.2) is 9.18 Å². The molecular weight excluding hydrogens is 467 g/mol. The minimum atomic E-state index is -0.569. The molecule has 2 aliphatic heterocycles. The normalized spacial score (nSPS) is 21.4. The van der Waals surface area contributed by atoms with Crippen LogP contribution < -0.4 is 5.32 Å². The number of carbonyl (C=O) groups excluding carboxylic acids is 2. The Hall–Kier alpha value is -3.38. The second kappa shape index (κ2) is 9.70. The van der Waals surface area contributed by atoms with Gasteiger partial charge in [0.1, 0.15) is 12.4 Å². The Morgan fingerprint density at radius 3 is 2.63 bits per heavy atom. The van der Waals surface area contributed by atoms with Crippen LogP contribution in [0, 0.1) is 11.2 Å². The number of rotatable bonds is 5. The van der Waals surface area contributed by atoms with Crippen LogP contribution in [-0.4, -0.2) is 36.0 Å². The van der Waals surface area contributed by atoms with Gasteiger partial charge < -0.3 is 15.0 Å². The molecule has 0 saturated carbocycles. The average Bonchev–Trinajstić information content (AvgIpc) is 3.43. The summed E-state index contributed by atoms with van der Waals surface area (Å²) in [5, 5.41) is 3.61. The first kappa shape index (κ1) is 23.4. The van der Waals surface area contributed by atoms with Crippen molar-refractivity contribution in [3.05, 3.63) is 94.8 Å². The fourth-order valence-corrected chi connectivity index (χ4v) is 5.26. The first-order valence-electron chi connectivity index (χ1n) is 11.7. The zero-order valence-electron chi connectivity index (χ0n) is 19.2. The highest BCUT2D eigenvalue weighted by atomic mass is 35.5. The quantitative estimate of drug-likeness (QED) is 0.504. The molecule has 5 rings (SSSR count). The highest BCUT2D eigenvalue weighted by Crippen LogP contribution is 2.40. The van der Waals surface area contributed by atoms with E-state index in [0.29, 0.717) is 42.9 Å². The van der Waals surface area contributed by atoms with Crippen molar-refractivity contribution in [2.75, 3.05) is 13.1 Å². The van der Waals surface area contributed by atoms with Crippen molar-refractivity contribution < 1.29 is 18.7 Å². The third-order valence-corrected chi connectivity index (χ3v) is 7.18. The minimum absolute atomic E-state index is 0.00141. The molecule has 3 aromatic rings. The van der Waals surface area contributed by atoms with E-state index in [4.69, 9.17) is 16.3 Å². The first-order valence-corrected chi connectivity index (χ1v) is 12.1. The molecule has 2 aliphatic rings. The Kier molecular flexibility index (Phi) is 6.48. The molecule has 2 heterocycles. The third-order valence-electron chi connectivity index (χ3n) is 6.95. The summed E-state index contributed by atoms with van der Waals surface area (Å²) in [4.78, 5) is 27.1. The molecular formula is C28H26ClFN2O3. The Labute approximate surface area is 208 Å². The summed E-state index contributed by atoms with van der Waals surface area (Å²) in [5.41, 5.74) is 2.62. The average molecular weight is 493 g/mol. The molecule has 2 amide bonds. The van der Waals surface area contributed by atoms with Crippen molar-refractivity contribution in [2.45, 2.75) is 31.9 Å². The van der Waals surface area contributed by atoms with Gasteiger partial charge in [-0.2, -0.15) is 0 Å². The molecule has 0 radical (unpaired) electrons. The van der Waals surface area contributed by atoms with Crippen molar-refractivity contribution in [2.24, 2.45) is 5.41 Å². The largest absolute Gasteiger partial charge is 0.445 e. The van der Waals surface area contributed by atoms with Gasteiger partial charge in [0.2, 0.25) is 5.91 Å². The highest BCUT2D eigenvalue weighted by Gasteiger charge is 2.51. The molecule has 1 N–H and O–H groups in total. The van der Waals surface area contributed by atoms with Crippen LogP contribution in [0.25, 0.3) is 11.1 Å². The van der Waals surface area contributed by atoms with Crippen LogP contribution in [-0.2, 0) is 22.6 Å². The molecule has 2 unspecified atom stereocenters. The van der Waals surface area contributed by atoms with Gasteiger partial charge in [-0.05, 0) is 54.2 Å². The number of ether oxygens (including phenoxy) is 1. The van der Waals surface area contributed by atoms with Gasteiger partial charge in [0.05, 0.1) is 5.41 Å². The predicted octanol–water partition coefficient (Wildman–Crippen LogP) is 5.61. The smallest absolute Gasteiger partial charge is 0.410 e. The monoisotopic (exact) mass is 492 g/mol. The van der Waals surface area contributed by atoms with Crippen molar-refractivity contribution >= 4 is 23.6 Å². The number of carbonyl (C=O) groups is 2. The standard InChI is InChI=1S/C28H26ClFN2O3/c29-22-10-11-25(30)24(15-22)21-8-6-19(7-9-21)14-23-16-28(26(33)31-23)12-13-32(18-28)27(34)35-17-20-4-2-1-3-5-20/h1-11,15,23H,12-14,16-18H2,(H,31,33). The van der Waals surface area contributed by atoms with Crippen LogP contribution in [0.1, 0.15) is 24.0 Å². The molecule has 180 valence electrons. The van der Waals surface area contributed by atoms with Gasteiger partial charge in [-0.3, -0.25) is 4.79 Å². The van der Waals surface area contributed by atoms with Gasteiger partial charge in [-0.1, -0.05) is 66.2 Å². The molecule has 0 aromatic heterocycles. The summed E-state index contributed by atoms with van der Waals surface area (Å²) >= 11 is 6.02. The van der Waals surface area contributed by atoms with Gasteiger partial charge >= 0.3 is 6.09 Å². The maximum atomic E-state index is 14.2. The van der Waals surface area contributed by atoms with Crippen LogP contribution in [0.2, 0.25) is 5.02 Å². The summed E-state index contributed by atoms with van der Waals surface area (Å²) < 4.78 is 19.6. The van der Waals surface area contributed by atoms with Crippen LogP contribution in [0.5, 0.6) is 0 Å². The van der Waals surface area contributed by atoms with Crippen LogP contribution in [0.4, 0.5) is 9.18 Å². The van der Waals surface area contributed by atoms with Crippen LogP contribution in [0.3, 0.4) is 0 Å². The summed E-state index contributed by atoms with van der Waals surface area (Å²) in [7, 11) is 0. The molecule has 35 heavy (non-hydrogen) atoms. The van der Waals surface area contributed by atoms with Gasteiger partial charge in [0.25, 0.3) is 0 Å². The summed E-state index contributed by atoms with van der Waals surface area (Å²) in [6, 6.07) is 21.7. The summed E-state index contributed by atoms with van der Waals surface area (Å²) in [6.45, 7) is 1.09. The van der Waals surface area contributed by atoms with E-state index in [1.165, 1.54) is 12.1 Å². The minimum Gasteiger partial charge on any atom is -0.445 e. The second-order valence-electron chi connectivity index (χ2n) is 9.39. The molecule has 0 aliphatic carbocycles. The molecule has 2 fully saturated rings. The summed E-state index contributed by atoms with van der Waals surface area (Å²) in [6.07, 6.45) is 1.58. The Morgan fingerprint density at radius 2 is 1.86 bits per heavy atom. The molecule has 0 bridgehead atoms. The number of nitrogens with one attached hydrogen (secondary N) is 1. The van der Waals surface area contributed by atoms with E-state index >= 15 is 0 Å². The molecule has 5 nitrogen and oxygen atoms in total. The number of nitrogens with zero attached hydrogens (tertiary/aromatic N) is 1. The zero-order valence-corrected chi connectivity index (χ0v) is 19.9. The van der Waals surface area contributed by atoms with E-state index in [-0.39, 0.29) is 30.5 Å². The van der Waals surface area contributed by atoms with E-state index in [1.807, 2.05) is 54.6 Å². The number of hydrogen-bond acceptors (Lipinski definition) is 3. The topological polar surface area (TPSA) is 58.6 Å². The summed E-state index contributed by atoms with van der Waals surface area (Å²) in [5.74, 6) is -0.321. The Bertz CT molecular complexity index is 1230. The second-order valence-corrected chi connectivity index (χ2v) is 9.83. The maximum absolute atomic E-state index is 14.2. The SMILES string of the molecule is O=C(OCc1ccccc1)N1CCC2(CC(Cc3ccc(-c4cc(Cl)ccc4F)cc3)NC2=O)C1. The maximum Gasteiger partial charge on any atom is 0.410 e. The van der Waals surface area contributed by atoms with Gasteiger partial charge in [0.15, 0.2) is 0 Å². The predicted molar refractivity (Wildman–Crippen MR) is 132 cm³/mol. The van der Waals surface area contributed by atoms with E-state index in [1.54, 1.807) is 11.0 Å². The zero-order chi connectivity index (χ0) is 24.4. The number of benzene rings is 3. The van der Waals surface area contributed by atoms with E-state index < -0.39 is 5.41 Å². The van der Waals surface area contributed by atoms with Gasteiger partial charge in [0, 0.05) is 29.7 Å². The lowest BCUT2D eigenvalue weighted by atomic mass is 9.83. The van der Waals surface area contributed by atoms with E-state index in [0.717, 1.165) is 16.7 Å². The molecule has 1 spiro atoms. The number of likely N-dealkylation sites (tertiary alicyclic amines) is 1. The Morgan fingerprint density at radius 1 is 1.09 bits per heavy atom. The van der Waals surface area contributed by atoms with Crippen molar-refractivity contribution in [1.29, 1.82) is 0 Å². The van der Waals surface area contributed by atoms with Gasteiger partial charge in [-0.15, -0.1) is 0 Å². The molecule has 7 heteroatoms. The fourth-order valence-electron chi connectivity index (χ4n) is 5.09. The number of amides is 2. The van der Waals surface area contributed by atoms with Crippen LogP contribution in [0.15, 0.2) is 72.8 Å². The molecule has 2 atom stereocenters. The van der Waals surface area contributed by atoms with Crippen molar-refractivity contribution in [1.82, 2.24) is 10.2 Å². The highest BCUT2D eigenvalue weighted by molar-refractivity contribution is 6.30. The fraction of sp³-hybridized carbons (Fsp3) is 0.286. The Balaban J connectivity index is 1.18. The first-order chi connectivity index (χ1) is 16.9. The van der Waals surface area contributed by atoms with Crippen LogP contribution >= 0.6 is 11.6 Å². The van der Waals surface area contributed by atoms with E-state index in [9.17, 15) is 14.0 Å². The van der Waals surface area contributed by atoms with Crippen molar-refractivity contribution in [3.63, 3.8) is 0 Å². The lowest BCUT2D eigenvalue weighted by Gasteiger charge is -2.21. The lowest BCUT2D eigenvalue weighted by Crippen LogP contribution is -2.37. The van der Waals surface area contributed by atoms with Crippen molar-refractivity contribution in [3.8, 4) is 11.1 Å². The van der Waals surface area contributed by atoms with E-state index in [2.05, 4.69) is 5.32 Å². The number of hydrogen-bond donors (Lipinski definition) is 1. The molecule has 3 aromatic carbocycles. The number of halogens is 2.